The fraction of sp³-hybridized carbons (Fsp3) is 0.300. The molecule has 1 saturated heterocycles. The Morgan fingerprint density at radius 1 is 1.23 bits per heavy atom. The molecule has 1 amide bonds. The SMILES string of the molecule is CCc1ccc(S(=O)(=O)N2CSCC2C(=O)NCc2csc(-c3cccs3)n2)cc1. The highest BCUT2D eigenvalue weighted by Gasteiger charge is 2.39. The zero-order valence-electron chi connectivity index (χ0n) is 16.3. The monoisotopic (exact) mass is 479 g/mol. The van der Waals surface area contributed by atoms with Crippen LogP contribution >= 0.6 is 34.4 Å². The number of rotatable bonds is 7. The Morgan fingerprint density at radius 2 is 2.03 bits per heavy atom. The number of amides is 1. The lowest BCUT2D eigenvalue weighted by molar-refractivity contribution is -0.124. The first-order valence-corrected chi connectivity index (χ1v) is 13.8. The first-order chi connectivity index (χ1) is 14.5. The van der Waals surface area contributed by atoms with Crippen molar-refractivity contribution in [3.05, 3.63) is 58.4 Å². The second-order valence-corrected chi connectivity index (χ2v) is 11.4. The van der Waals surface area contributed by atoms with Crippen LogP contribution in [0.5, 0.6) is 0 Å². The Labute approximate surface area is 188 Å². The normalized spacial score (nSPS) is 17.3. The summed E-state index contributed by atoms with van der Waals surface area (Å²) in [6.45, 7) is 2.30. The van der Waals surface area contributed by atoms with Crippen molar-refractivity contribution in [2.24, 2.45) is 0 Å². The maximum absolute atomic E-state index is 13.1. The molecular weight excluding hydrogens is 459 g/mol. The summed E-state index contributed by atoms with van der Waals surface area (Å²) in [5.74, 6) is 0.421. The Morgan fingerprint density at radius 3 is 2.73 bits per heavy atom. The summed E-state index contributed by atoms with van der Waals surface area (Å²) in [4.78, 5) is 18.7. The van der Waals surface area contributed by atoms with Crippen LogP contribution in [0.3, 0.4) is 0 Å². The second kappa shape index (κ2) is 9.19. The van der Waals surface area contributed by atoms with E-state index in [9.17, 15) is 13.2 Å². The molecule has 6 nitrogen and oxygen atoms in total. The number of hydrogen-bond donors (Lipinski definition) is 1. The summed E-state index contributed by atoms with van der Waals surface area (Å²) in [6.07, 6.45) is 0.843. The van der Waals surface area contributed by atoms with Crippen molar-refractivity contribution in [1.82, 2.24) is 14.6 Å². The molecule has 3 heterocycles. The molecule has 1 unspecified atom stereocenters. The number of nitrogens with one attached hydrogen (secondary N) is 1. The van der Waals surface area contributed by atoms with Gasteiger partial charge in [-0.1, -0.05) is 25.1 Å². The van der Waals surface area contributed by atoms with E-state index in [0.29, 0.717) is 5.75 Å². The van der Waals surface area contributed by atoms with Crippen LogP contribution in [0.1, 0.15) is 18.2 Å². The van der Waals surface area contributed by atoms with Crippen molar-refractivity contribution < 1.29 is 13.2 Å². The molecule has 4 rings (SSSR count). The number of carbonyl (C=O) groups is 1. The first-order valence-electron chi connectivity index (χ1n) is 9.43. The quantitative estimate of drug-likeness (QED) is 0.557. The zero-order valence-corrected chi connectivity index (χ0v) is 19.5. The van der Waals surface area contributed by atoms with Gasteiger partial charge in [-0.2, -0.15) is 4.31 Å². The number of hydrogen-bond acceptors (Lipinski definition) is 7. The molecule has 1 aromatic carbocycles. The summed E-state index contributed by atoms with van der Waals surface area (Å²) in [7, 11) is -3.73. The predicted octanol–water partition coefficient (Wildman–Crippen LogP) is 3.81. The van der Waals surface area contributed by atoms with E-state index in [1.807, 2.05) is 41.9 Å². The van der Waals surface area contributed by atoms with Crippen molar-refractivity contribution in [2.75, 3.05) is 11.6 Å². The molecule has 2 aromatic heterocycles. The largest absolute Gasteiger partial charge is 0.349 e. The van der Waals surface area contributed by atoms with Gasteiger partial charge in [-0.15, -0.1) is 34.4 Å². The average Bonchev–Trinajstić information content (AvgIpc) is 3.53. The van der Waals surface area contributed by atoms with E-state index in [-0.39, 0.29) is 23.2 Å². The molecule has 1 N–H and O–H groups in total. The summed E-state index contributed by atoms with van der Waals surface area (Å²) in [5.41, 5.74) is 1.84. The topological polar surface area (TPSA) is 79.4 Å². The Kier molecular flexibility index (Phi) is 6.59. The van der Waals surface area contributed by atoms with Crippen molar-refractivity contribution in [1.29, 1.82) is 0 Å². The summed E-state index contributed by atoms with van der Waals surface area (Å²) in [6, 6.07) is 10.1. The molecule has 30 heavy (non-hydrogen) atoms. The minimum atomic E-state index is -3.73. The molecule has 1 fully saturated rings. The molecule has 0 bridgehead atoms. The number of aromatic nitrogens is 1. The number of sulfonamides is 1. The van der Waals surface area contributed by atoms with E-state index in [4.69, 9.17) is 0 Å². The van der Waals surface area contributed by atoms with Gasteiger partial charge in [0.1, 0.15) is 11.0 Å². The molecule has 1 aliphatic heterocycles. The van der Waals surface area contributed by atoms with Crippen LogP contribution in [0.15, 0.2) is 52.1 Å². The lowest BCUT2D eigenvalue weighted by atomic mass is 10.2. The van der Waals surface area contributed by atoms with Crippen molar-refractivity contribution in [2.45, 2.75) is 30.8 Å². The van der Waals surface area contributed by atoms with Gasteiger partial charge in [0, 0.05) is 11.1 Å². The average molecular weight is 480 g/mol. The van der Waals surface area contributed by atoms with Crippen LogP contribution in [0.25, 0.3) is 9.88 Å². The highest BCUT2D eigenvalue weighted by molar-refractivity contribution is 8.00. The van der Waals surface area contributed by atoms with Gasteiger partial charge in [-0.3, -0.25) is 4.79 Å². The predicted molar refractivity (Wildman–Crippen MR) is 123 cm³/mol. The van der Waals surface area contributed by atoms with Crippen LogP contribution < -0.4 is 5.32 Å². The molecule has 0 spiro atoms. The minimum absolute atomic E-state index is 0.222. The maximum atomic E-state index is 13.1. The van der Waals surface area contributed by atoms with Gasteiger partial charge in [-0.25, -0.2) is 13.4 Å². The van der Waals surface area contributed by atoms with Crippen molar-refractivity contribution in [3.63, 3.8) is 0 Å². The Balaban J connectivity index is 1.43. The van der Waals surface area contributed by atoms with Crippen LogP contribution in [-0.2, 0) is 27.8 Å². The molecule has 1 aliphatic rings. The standard InChI is InChI=1S/C20H21N3O3S4/c1-2-14-5-7-16(8-6-14)30(25,26)23-13-27-12-17(23)19(24)21-10-15-11-29-20(22-15)18-4-3-9-28-18/h3-9,11,17H,2,10,12-13H2,1H3,(H,21,24). The fourth-order valence-electron chi connectivity index (χ4n) is 3.10. The molecule has 3 aromatic rings. The highest BCUT2D eigenvalue weighted by atomic mass is 32.2. The van der Waals surface area contributed by atoms with Gasteiger partial charge >= 0.3 is 0 Å². The number of aryl methyl sites for hydroxylation is 1. The molecular formula is C20H21N3O3S4. The van der Waals surface area contributed by atoms with Gasteiger partial charge < -0.3 is 5.32 Å². The third-order valence-electron chi connectivity index (χ3n) is 4.81. The Bertz CT molecular complexity index is 1110. The molecule has 0 saturated carbocycles. The highest BCUT2D eigenvalue weighted by Crippen LogP contribution is 2.30. The zero-order chi connectivity index (χ0) is 21.1. The Hall–Kier alpha value is -1.72. The van der Waals surface area contributed by atoms with Crippen LogP contribution in [-0.4, -0.2) is 41.3 Å². The minimum Gasteiger partial charge on any atom is -0.349 e. The van der Waals surface area contributed by atoms with E-state index in [2.05, 4.69) is 10.3 Å². The molecule has 0 aliphatic carbocycles. The third-order valence-corrected chi connectivity index (χ3v) is 9.78. The first kappa shape index (κ1) is 21.5. The van der Waals surface area contributed by atoms with Gasteiger partial charge in [0.15, 0.2) is 0 Å². The van der Waals surface area contributed by atoms with Crippen molar-refractivity contribution in [3.8, 4) is 9.88 Å². The van der Waals surface area contributed by atoms with E-state index in [1.165, 1.54) is 27.4 Å². The van der Waals surface area contributed by atoms with Crippen molar-refractivity contribution >= 4 is 50.4 Å². The summed E-state index contributed by atoms with van der Waals surface area (Å²) in [5, 5.41) is 7.70. The number of nitrogens with zero attached hydrogens (tertiary/aromatic N) is 2. The van der Waals surface area contributed by atoms with Crippen LogP contribution in [0, 0.1) is 0 Å². The van der Waals surface area contributed by atoms with E-state index >= 15 is 0 Å². The lowest BCUT2D eigenvalue weighted by Gasteiger charge is -2.22. The van der Waals surface area contributed by atoms with Gasteiger partial charge in [-0.05, 0) is 35.6 Å². The van der Waals surface area contributed by atoms with Gasteiger partial charge in [0.2, 0.25) is 15.9 Å². The van der Waals surface area contributed by atoms with E-state index in [0.717, 1.165) is 27.6 Å². The van der Waals surface area contributed by atoms with E-state index in [1.54, 1.807) is 23.5 Å². The fourth-order valence-corrected chi connectivity index (χ4v) is 7.88. The number of thiophene rings is 1. The van der Waals surface area contributed by atoms with Crippen LogP contribution in [0.4, 0.5) is 0 Å². The van der Waals surface area contributed by atoms with Gasteiger partial charge in [0.05, 0.1) is 27.9 Å². The van der Waals surface area contributed by atoms with E-state index < -0.39 is 16.1 Å². The van der Waals surface area contributed by atoms with Gasteiger partial charge in [0.25, 0.3) is 0 Å². The summed E-state index contributed by atoms with van der Waals surface area (Å²) < 4.78 is 27.5. The molecule has 0 radical (unpaired) electrons. The molecule has 158 valence electrons. The summed E-state index contributed by atoms with van der Waals surface area (Å²) >= 11 is 4.60. The maximum Gasteiger partial charge on any atom is 0.244 e. The number of benzene rings is 1. The number of thioether (sulfide) groups is 1. The molecule has 10 heteroatoms. The lowest BCUT2D eigenvalue weighted by Crippen LogP contribution is -2.46. The number of carbonyl (C=O) groups excluding carboxylic acids is 1. The third kappa shape index (κ3) is 4.47. The smallest absolute Gasteiger partial charge is 0.244 e. The van der Waals surface area contributed by atoms with Crippen LogP contribution in [0.2, 0.25) is 0 Å². The molecule has 1 atom stereocenters. The second-order valence-electron chi connectivity index (χ2n) is 6.74. The number of thiazole rings is 1.